The van der Waals surface area contributed by atoms with E-state index in [9.17, 15) is 9.59 Å². The highest BCUT2D eigenvalue weighted by Gasteiger charge is 2.16. The van der Waals surface area contributed by atoms with E-state index in [0.29, 0.717) is 17.6 Å². The number of fused-ring (bicyclic) bond motifs is 3. The summed E-state index contributed by atoms with van der Waals surface area (Å²) in [7, 11) is 0. The predicted octanol–water partition coefficient (Wildman–Crippen LogP) is 1.42. The minimum absolute atomic E-state index is 0. The van der Waals surface area contributed by atoms with Crippen LogP contribution in [0.15, 0.2) is 39.8 Å². The third-order valence-electron chi connectivity index (χ3n) is 3.41. The summed E-state index contributed by atoms with van der Waals surface area (Å²) < 4.78 is 6.80. The number of hydrogen-bond acceptors (Lipinski definition) is 5. The molecule has 1 amide bonds. The van der Waals surface area contributed by atoms with Gasteiger partial charge in [-0.2, -0.15) is 0 Å². The summed E-state index contributed by atoms with van der Waals surface area (Å²) >= 11 is 0. The van der Waals surface area contributed by atoms with Crippen molar-refractivity contribution in [2.24, 2.45) is 5.73 Å². The molecule has 0 atom stereocenters. The number of benzene rings is 1. The van der Waals surface area contributed by atoms with E-state index in [1.54, 1.807) is 6.07 Å². The van der Waals surface area contributed by atoms with Gasteiger partial charge in [-0.1, -0.05) is 12.1 Å². The van der Waals surface area contributed by atoms with Crippen LogP contribution in [0.25, 0.3) is 22.1 Å². The van der Waals surface area contributed by atoms with Gasteiger partial charge in [0, 0.05) is 17.5 Å². The second-order valence-corrected chi connectivity index (χ2v) is 6.22. The Labute approximate surface area is 144 Å². The molecule has 2 aromatic heterocycles. The summed E-state index contributed by atoms with van der Waals surface area (Å²) in [6.45, 7) is 3.80. The van der Waals surface area contributed by atoms with Crippen LogP contribution in [0.5, 0.6) is 0 Å². The Morgan fingerprint density at radius 2 is 2.08 bits per heavy atom. The number of aromatic nitrogens is 2. The van der Waals surface area contributed by atoms with Crippen molar-refractivity contribution in [2.45, 2.75) is 25.9 Å². The third kappa shape index (κ3) is 3.58. The molecule has 3 N–H and O–H groups in total. The number of para-hydroxylation sites is 1. The van der Waals surface area contributed by atoms with E-state index in [2.05, 4.69) is 10.3 Å². The first kappa shape index (κ1) is 18.0. The van der Waals surface area contributed by atoms with E-state index < -0.39 is 5.54 Å². The molecular formula is C16H19ClN4O3. The van der Waals surface area contributed by atoms with Crippen molar-refractivity contribution >= 4 is 40.4 Å². The van der Waals surface area contributed by atoms with Gasteiger partial charge in [0.15, 0.2) is 0 Å². The lowest BCUT2D eigenvalue weighted by molar-refractivity contribution is -0.121. The van der Waals surface area contributed by atoms with E-state index in [1.807, 2.05) is 32.0 Å². The summed E-state index contributed by atoms with van der Waals surface area (Å²) in [5.41, 5.74) is 6.18. The Morgan fingerprint density at radius 3 is 2.79 bits per heavy atom. The number of nitrogens with one attached hydrogen (secondary N) is 1. The largest absolute Gasteiger partial charge is 0.448 e. The number of rotatable bonds is 4. The van der Waals surface area contributed by atoms with Gasteiger partial charge in [0.25, 0.3) is 5.56 Å². The molecule has 128 valence electrons. The molecule has 0 radical (unpaired) electrons. The molecule has 0 spiro atoms. The number of furan rings is 1. The normalized spacial score (nSPS) is 11.5. The van der Waals surface area contributed by atoms with Gasteiger partial charge in [-0.05, 0) is 26.0 Å². The highest BCUT2D eigenvalue weighted by atomic mass is 35.5. The summed E-state index contributed by atoms with van der Waals surface area (Å²) in [6.07, 6.45) is 1.36. The number of carbonyl (C=O) groups is 1. The SMILES string of the molecule is CC(C)(N)CNC(=O)Cn1cnc2c(oc3ccccc32)c1=O.Cl. The van der Waals surface area contributed by atoms with Gasteiger partial charge in [-0.15, -0.1) is 12.4 Å². The summed E-state index contributed by atoms with van der Waals surface area (Å²) in [5.74, 6) is -0.303. The molecule has 0 aliphatic rings. The molecule has 8 heteroatoms. The van der Waals surface area contributed by atoms with Gasteiger partial charge in [0.1, 0.15) is 17.6 Å². The standard InChI is InChI=1S/C16H18N4O3.ClH/c1-16(2,17)8-18-12(21)7-20-9-19-13-10-5-3-4-6-11(10)23-14(13)15(20)22;/h3-6,9H,7-8,17H2,1-2H3,(H,18,21);1H. The van der Waals surface area contributed by atoms with Crippen LogP contribution in [0.3, 0.4) is 0 Å². The van der Waals surface area contributed by atoms with Crippen LogP contribution >= 0.6 is 12.4 Å². The predicted molar refractivity (Wildman–Crippen MR) is 94.3 cm³/mol. The van der Waals surface area contributed by atoms with Crippen LogP contribution in [-0.4, -0.2) is 27.5 Å². The smallest absolute Gasteiger partial charge is 0.297 e. The van der Waals surface area contributed by atoms with Crippen molar-refractivity contribution in [3.05, 3.63) is 40.9 Å². The quantitative estimate of drug-likeness (QED) is 0.740. The number of carbonyl (C=O) groups excluding carboxylic acids is 1. The van der Waals surface area contributed by atoms with E-state index >= 15 is 0 Å². The highest BCUT2D eigenvalue weighted by Crippen LogP contribution is 2.23. The Kier molecular flexibility index (Phi) is 4.96. The molecule has 24 heavy (non-hydrogen) atoms. The summed E-state index contributed by atoms with van der Waals surface area (Å²) in [5, 5.41) is 3.47. The van der Waals surface area contributed by atoms with Crippen molar-refractivity contribution in [3.8, 4) is 0 Å². The average Bonchev–Trinajstić information content (AvgIpc) is 2.87. The van der Waals surface area contributed by atoms with E-state index in [-0.39, 0.29) is 36.0 Å². The third-order valence-corrected chi connectivity index (χ3v) is 3.41. The first-order valence-corrected chi connectivity index (χ1v) is 7.27. The molecular weight excluding hydrogens is 332 g/mol. The molecule has 3 rings (SSSR count). The number of amides is 1. The van der Waals surface area contributed by atoms with Crippen molar-refractivity contribution in [1.82, 2.24) is 14.9 Å². The fourth-order valence-electron chi connectivity index (χ4n) is 2.26. The zero-order valence-electron chi connectivity index (χ0n) is 13.4. The Balaban J connectivity index is 0.00000208. The number of halogens is 1. The number of hydrogen-bond donors (Lipinski definition) is 2. The molecule has 0 aliphatic carbocycles. The second kappa shape index (κ2) is 6.62. The van der Waals surface area contributed by atoms with Crippen LogP contribution < -0.4 is 16.6 Å². The summed E-state index contributed by atoms with van der Waals surface area (Å²) in [6, 6.07) is 7.29. The molecule has 0 unspecified atom stereocenters. The fraction of sp³-hybridized carbons (Fsp3) is 0.312. The maximum atomic E-state index is 12.5. The second-order valence-electron chi connectivity index (χ2n) is 6.22. The van der Waals surface area contributed by atoms with Gasteiger partial charge < -0.3 is 15.5 Å². The lowest BCUT2D eigenvalue weighted by atomic mass is 10.1. The Morgan fingerprint density at radius 1 is 1.38 bits per heavy atom. The minimum Gasteiger partial charge on any atom is -0.448 e. The molecule has 0 aliphatic heterocycles. The lowest BCUT2D eigenvalue weighted by Crippen LogP contribution is -2.46. The molecule has 7 nitrogen and oxygen atoms in total. The fourth-order valence-corrected chi connectivity index (χ4v) is 2.26. The summed E-state index contributed by atoms with van der Waals surface area (Å²) in [4.78, 5) is 28.7. The average molecular weight is 351 g/mol. The maximum Gasteiger partial charge on any atom is 0.297 e. The molecule has 0 fully saturated rings. The topological polar surface area (TPSA) is 103 Å². The maximum absolute atomic E-state index is 12.5. The Bertz CT molecular complexity index is 940. The monoisotopic (exact) mass is 350 g/mol. The first-order valence-electron chi connectivity index (χ1n) is 7.27. The van der Waals surface area contributed by atoms with Crippen molar-refractivity contribution < 1.29 is 9.21 Å². The molecule has 3 aromatic rings. The zero-order valence-corrected chi connectivity index (χ0v) is 14.2. The van der Waals surface area contributed by atoms with Crippen LogP contribution in [0, 0.1) is 0 Å². The van der Waals surface area contributed by atoms with Crippen molar-refractivity contribution in [2.75, 3.05) is 6.54 Å². The van der Waals surface area contributed by atoms with Crippen molar-refractivity contribution in [3.63, 3.8) is 0 Å². The highest BCUT2D eigenvalue weighted by molar-refractivity contribution is 6.01. The Hall–Kier alpha value is -2.38. The van der Waals surface area contributed by atoms with Crippen molar-refractivity contribution in [1.29, 1.82) is 0 Å². The van der Waals surface area contributed by atoms with E-state index in [4.69, 9.17) is 10.2 Å². The molecule has 0 bridgehead atoms. The molecule has 1 aromatic carbocycles. The van der Waals surface area contributed by atoms with Gasteiger partial charge in [0.05, 0.1) is 6.33 Å². The number of nitrogens with two attached hydrogens (primary N) is 1. The zero-order chi connectivity index (χ0) is 16.6. The van der Waals surface area contributed by atoms with Gasteiger partial charge in [0.2, 0.25) is 11.5 Å². The van der Waals surface area contributed by atoms with Crippen LogP contribution in [-0.2, 0) is 11.3 Å². The van der Waals surface area contributed by atoms with Gasteiger partial charge in [-0.25, -0.2) is 4.98 Å². The van der Waals surface area contributed by atoms with Crippen LogP contribution in [0.2, 0.25) is 0 Å². The van der Waals surface area contributed by atoms with Crippen LogP contribution in [0.4, 0.5) is 0 Å². The molecule has 0 saturated heterocycles. The van der Waals surface area contributed by atoms with Gasteiger partial charge >= 0.3 is 0 Å². The lowest BCUT2D eigenvalue weighted by Gasteiger charge is -2.18. The van der Waals surface area contributed by atoms with E-state index in [1.165, 1.54) is 10.9 Å². The van der Waals surface area contributed by atoms with Crippen LogP contribution in [0.1, 0.15) is 13.8 Å². The minimum atomic E-state index is -0.512. The van der Waals surface area contributed by atoms with Gasteiger partial charge in [-0.3, -0.25) is 14.2 Å². The molecule has 2 heterocycles. The number of nitrogens with zero attached hydrogens (tertiary/aromatic N) is 2. The van der Waals surface area contributed by atoms with E-state index in [0.717, 1.165) is 5.39 Å². The molecule has 0 saturated carbocycles. The first-order chi connectivity index (χ1) is 10.8.